The maximum atomic E-state index is 12.8. The van der Waals surface area contributed by atoms with Gasteiger partial charge in [0.2, 0.25) is 0 Å². The molecule has 144 valence electrons. The Morgan fingerprint density at radius 1 is 1.11 bits per heavy atom. The molecule has 28 heavy (non-hydrogen) atoms. The van der Waals surface area contributed by atoms with Crippen LogP contribution in [0.4, 0.5) is 5.82 Å². The van der Waals surface area contributed by atoms with Crippen molar-refractivity contribution in [3.63, 3.8) is 0 Å². The van der Waals surface area contributed by atoms with Gasteiger partial charge in [0, 0.05) is 16.1 Å². The van der Waals surface area contributed by atoms with E-state index in [1.165, 1.54) is 0 Å². The van der Waals surface area contributed by atoms with Crippen LogP contribution < -0.4 is 5.32 Å². The van der Waals surface area contributed by atoms with Crippen molar-refractivity contribution >= 4 is 33.2 Å². The standard InChI is InChI=1S/C20H18ClN3O3S/c1-12-3-8-18(13(2)9-12)24-19(16-10-28(26,27)11-17(16)23-24)22-20(25)14-4-6-15(21)7-5-14/h3-9H,10-11H2,1-2H3,(H,22,25). The van der Waals surface area contributed by atoms with Gasteiger partial charge in [0.1, 0.15) is 5.82 Å². The minimum Gasteiger partial charge on any atom is -0.306 e. The van der Waals surface area contributed by atoms with Crippen LogP contribution in [0.15, 0.2) is 42.5 Å². The second-order valence-electron chi connectivity index (χ2n) is 6.97. The minimum atomic E-state index is -3.25. The van der Waals surface area contributed by atoms with E-state index >= 15 is 0 Å². The molecule has 0 atom stereocenters. The molecule has 0 fully saturated rings. The predicted octanol–water partition coefficient (Wildman–Crippen LogP) is 3.82. The third-order valence-electron chi connectivity index (χ3n) is 4.71. The molecule has 2 heterocycles. The van der Waals surface area contributed by atoms with E-state index in [0.717, 1.165) is 16.8 Å². The summed E-state index contributed by atoms with van der Waals surface area (Å²) in [5.41, 5.74) is 4.33. The van der Waals surface area contributed by atoms with Gasteiger partial charge in [-0.2, -0.15) is 5.10 Å². The first kappa shape index (κ1) is 18.7. The van der Waals surface area contributed by atoms with Gasteiger partial charge in [-0.1, -0.05) is 29.3 Å². The number of sulfone groups is 1. The van der Waals surface area contributed by atoms with E-state index in [1.807, 2.05) is 32.0 Å². The van der Waals surface area contributed by atoms with Gasteiger partial charge >= 0.3 is 0 Å². The number of rotatable bonds is 3. The van der Waals surface area contributed by atoms with Crippen LogP contribution in [-0.2, 0) is 21.3 Å². The van der Waals surface area contributed by atoms with Crippen LogP contribution in [0.2, 0.25) is 5.02 Å². The number of anilines is 1. The van der Waals surface area contributed by atoms with Gasteiger partial charge < -0.3 is 5.32 Å². The highest BCUT2D eigenvalue weighted by Crippen LogP contribution is 2.34. The van der Waals surface area contributed by atoms with E-state index in [0.29, 0.717) is 27.7 Å². The summed E-state index contributed by atoms with van der Waals surface area (Å²) in [5, 5.41) is 7.90. The van der Waals surface area contributed by atoms with Crippen molar-refractivity contribution in [2.24, 2.45) is 0 Å². The first-order valence-electron chi connectivity index (χ1n) is 8.69. The summed E-state index contributed by atoms with van der Waals surface area (Å²) >= 11 is 5.89. The molecule has 0 saturated carbocycles. The number of aromatic nitrogens is 2. The molecule has 0 unspecified atom stereocenters. The van der Waals surface area contributed by atoms with Crippen molar-refractivity contribution in [3.8, 4) is 5.69 Å². The Labute approximate surface area is 168 Å². The Morgan fingerprint density at radius 3 is 2.50 bits per heavy atom. The molecule has 1 N–H and O–H groups in total. The van der Waals surface area contributed by atoms with Gasteiger partial charge in [-0.25, -0.2) is 13.1 Å². The van der Waals surface area contributed by atoms with Crippen molar-refractivity contribution in [2.45, 2.75) is 25.4 Å². The van der Waals surface area contributed by atoms with Crippen LogP contribution in [-0.4, -0.2) is 24.1 Å². The van der Waals surface area contributed by atoms with E-state index in [9.17, 15) is 13.2 Å². The molecule has 8 heteroatoms. The van der Waals surface area contributed by atoms with E-state index in [2.05, 4.69) is 10.4 Å². The number of carbonyl (C=O) groups excluding carboxylic acids is 1. The van der Waals surface area contributed by atoms with Crippen LogP contribution in [0.1, 0.15) is 32.7 Å². The number of nitrogens with zero attached hydrogens (tertiary/aromatic N) is 2. The molecular weight excluding hydrogens is 398 g/mol. The lowest BCUT2D eigenvalue weighted by atomic mass is 10.1. The molecular formula is C20H18ClN3O3S. The van der Waals surface area contributed by atoms with Crippen LogP contribution in [0.3, 0.4) is 0 Å². The molecule has 0 saturated heterocycles. The summed E-state index contributed by atoms with van der Waals surface area (Å²) in [5.74, 6) is -0.217. The predicted molar refractivity (Wildman–Crippen MR) is 109 cm³/mol. The molecule has 0 spiro atoms. The van der Waals surface area contributed by atoms with Crippen molar-refractivity contribution < 1.29 is 13.2 Å². The summed E-state index contributed by atoms with van der Waals surface area (Å²) in [6.45, 7) is 3.95. The topological polar surface area (TPSA) is 81.1 Å². The van der Waals surface area contributed by atoms with Gasteiger partial charge in [0.25, 0.3) is 5.91 Å². The maximum Gasteiger partial charge on any atom is 0.256 e. The van der Waals surface area contributed by atoms with Crippen LogP contribution >= 0.6 is 11.6 Å². The zero-order valence-corrected chi connectivity index (χ0v) is 16.9. The molecule has 0 aliphatic carbocycles. The number of nitrogens with one attached hydrogen (secondary N) is 1. The highest BCUT2D eigenvalue weighted by molar-refractivity contribution is 7.90. The smallest absolute Gasteiger partial charge is 0.256 e. The van der Waals surface area contributed by atoms with Crippen LogP contribution in [0.5, 0.6) is 0 Å². The lowest BCUT2D eigenvalue weighted by molar-refractivity contribution is 0.102. The van der Waals surface area contributed by atoms with Crippen molar-refractivity contribution in [3.05, 3.63) is 75.4 Å². The monoisotopic (exact) mass is 415 g/mol. The Balaban J connectivity index is 1.80. The third-order valence-corrected chi connectivity index (χ3v) is 6.40. The summed E-state index contributed by atoms with van der Waals surface area (Å²) in [6, 6.07) is 12.4. The number of halogens is 1. The van der Waals surface area contributed by atoms with Crippen molar-refractivity contribution in [1.82, 2.24) is 9.78 Å². The zero-order chi connectivity index (χ0) is 20.1. The fourth-order valence-electron chi connectivity index (χ4n) is 3.37. The molecule has 4 rings (SSSR count). The minimum absolute atomic E-state index is 0.121. The van der Waals surface area contributed by atoms with Gasteiger partial charge in [-0.3, -0.25) is 4.79 Å². The lowest BCUT2D eigenvalue weighted by Crippen LogP contribution is -2.17. The number of hydrogen-bond donors (Lipinski definition) is 1. The number of carbonyl (C=O) groups is 1. The molecule has 1 aliphatic heterocycles. The average molecular weight is 416 g/mol. The second kappa shape index (κ2) is 6.76. The van der Waals surface area contributed by atoms with Gasteiger partial charge in [-0.15, -0.1) is 0 Å². The van der Waals surface area contributed by atoms with E-state index < -0.39 is 9.84 Å². The summed E-state index contributed by atoms with van der Waals surface area (Å²) in [6.07, 6.45) is 0. The number of aryl methyl sites for hydroxylation is 2. The Bertz CT molecular complexity index is 1200. The molecule has 1 amide bonds. The zero-order valence-electron chi connectivity index (χ0n) is 15.4. The Hall–Kier alpha value is -2.64. The lowest BCUT2D eigenvalue weighted by Gasteiger charge is -2.13. The van der Waals surface area contributed by atoms with Crippen molar-refractivity contribution in [2.75, 3.05) is 5.32 Å². The Kier molecular flexibility index (Phi) is 4.51. The molecule has 1 aromatic heterocycles. The van der Waals surface area contributed by atoms with Crippen LogP contribution in [0.25, 0.3) is 5.69 Å². The highest BCUT2D eigenvalue weighted by atomic mass is 35.5. The fourth-order valence-corrected chi connectivity index (χ4v) is 4.99. The van der Waals surface area contributed by atoms with Gasteiger partial charge in [0.15, 0.2) is 9.84 Å². The normalized spacial score (nSPS) is 14.7. The van der Waals surface area contributed by atoms with Gasteiger partial charge in [-0.05, 0) is 49.7 Å². The summed E-state index contributed by atoms with van der Waals surface area (Å²) in [4.78, 5) is 12.8. The summed E-state index contributed by atoms with van der Waals surface area (Å²) in [7, 11) is -3.25. The quantitative estimate of drug-likeness (QED) is 0.705. The van der Waals surface area contributed by atoms with Gasteiger partial charge in [0.05, 0.1) is 22.9 Å². The maximum absolute atomic E-state index is 12.8. The fraction of sp³-hybridized carbons (Fsp3) is 0.200. The first-order chi connectivity index (χ1) is 13.2. The average Bonchev–Trinajstić information content (AvgIpc) is 3.08. The number of fused-ring (bicyclic) bond motifs is 1. The molecule has 2 aromatic carbocycles. The Morgan fingerprint density at radius 2 is 1.82 bits per heavy atom. The summed E-state index contributed by atoms with van der Waals surface area (Å²) < 4.78 is 25.8. The van der Waals surface area contributed by atoms with E-state index in [4.69, 9.17) is 11.6 Å². The van der Waals surface area contributed by atoms with Crippen molar-refractivity contribution in [1.29, 1.82) is 0 Å². The molecule has 0 bridgehead atoms. The van der Waals surface area contributed by atoms with E-state index in [-0.39, 0.29) is 17.4 Å². The second-order valence-corrected chi connectivity index (χ2v) is 9.47. The largest absolute Gasteiger partial charge is 0.306 e. The van der Waals surface area contributed by atoms with E-state index in [1.54, 1.807) is 28.9 Å². The number of amides is 1. The SMILES string of the molecule is Cc1ccc(-n2nc3c(c2NC(=O)c2ccc(Cl)cc2)CS(=O)(=O)C3)c(C)c1. The third kappa shape index (κ3) is 3.43. The first-order valence-corrected chi connectivity index (χ1v) is 10.9. The molecule has 0 radical (unpaired) electrons. The molecule has 3 aromatic rings. The molecule has 6 nitrogen and oxygen atoms in total. The number of benzene rings is 2. The number of hydrogen-bond acceptors (Lipinski definition) is 4. The molecule has 1 aliphatic rings. The van der Waals surface area contributed by atoms with Crippen LogP contribution in [0, 0.1) is 13.8 Å². The highest BCUT2D eigenvalue weighted by Gasteiger charge is 2.33.